The second kappa shape index (κ2) is 9.60. The van der Waals surface area contributed by atoms with Gasteiger partial charge in [-0.25, -0.2) is 4.39 Å². The lowest BCUT2D eigenvalue weighted by atomic mass is 9.95. The maximum absolute atomic E-state index is 14.0. The number of fused-ring (bicyclic) bond motifs is 3. The molecule has 0 bridgehead atoms. The first-order valence-corrected chi connectivity index (χ1v) is 11.5. The molecule has 2 aliphatic heterocycles. The van der Waals surface area contributed by atoms with E-state index in [1.54, 1.807) is 29.2 Å². The van der Waals surface area contributed by atoms with Gasteiger partial charge in [-0.3, -0.25) is 19.3 Å². The number of halogens is 1. The summed E-state index contributed by atoms with van der Waals surface area (Å²) in [6, 6.07) is 10.9. The number of piperidine rings is 1. The van der Waals surface area contributed by atoms with Gasteiger partial charge >= 0.3 is 0 Å². The van der Waals surface area contributed by atoms with Crippen LogP contribution in [0.4, 0.5) is 21.5 Å². The second-order valence-electron chi connectivity index (χ2n) is 8.34. The number of nitrogens with zero attached hydrogens (tertiary/aromatic N) is 3. The summed E-state index contributed by atoms with van der Waals surface area (Å²) in [7, 11) is 0. The maximum atomic E-state index is 14.0. The molecule has 0 radical (unpaired) electrons. The van der Waals surface area contributed by atoms with Crippen molar-refractivity contribution in [1.82, 2.24) is 4.90 Å². The zero-order chi connectivity index (χ0) is 23.5. The van der Waals surface area contributed by atoms with Gasteiger partial charge in [0.15, 0.2) is 0 Å². The van der Waals surface area contributed by atoms with Gasteiger partial charge in [0.2, 0.25) is 11.8 Å². The average Bonchev–Trinajstić information content (AvgIpc) is 2.83. The van der Waals surface area contributed by atoms with Gasteiger partial charge in [0.1, 0.15) is 18.4 Å². The number of amides is 3. The number of hydrogen-bond acceptors (Lipinski definition) is 4. The van der Waals surface area contributed by atoms with Gasteiger partial charge in [0, 0.05) is 25.2 Å². The van der Waals surface area contributed by atoms with Crippen molar-refractivity contribution in [3.63, 3.8) is 0 Å². The molecule has 33 heavy (non-hydrogen) atoms. The highest BCUT2D eigenvalue weighted by Gasteiger charge is 2.40. The van der Waals surface area contributed by atoms with E-state index in [-0.39, 0.29) is 30.1 Å². The third kappa shape index (κ3) is 4.42. The normalized spacial score (nSPS) is 17.3. The summed E-state index contributed by atoms with van der Waals surface area (Å²) in [5, 5.41) is 2.56. The summed E-state index contributed by atoms with van der Waals surface area (Å²) in [5.74, 6) is -1.32. The topological polar surface area (TPSA) is 73.0 Å². The Hall–Kier alpha value is -3.42. The summed E-state index contributed by atoms with van der Waals surface area (Å²) in [6.07, 6.45) is 2.64. The Bertz CT molecular complexity index is 1070. The summed E-state index contributed by atoms with van der Waals surface area (Å²) in [6.45, 7) is 5.49. The van der Waals surface area contributed by atoms with E-state index in [1.807, 2.05) is 19.9 Å². The molecule has 1 N–H and O–H groups in total. The lowest BCUT2D eigenvalue weighted by Crippen LogP contribution is -2.56. The number of carbonyl (C=O) groups is 3. The van der Waals surface area contributed by atoms with Crippen molar-refractivity contribution < 1.29 is 18.8 Å². The fraction of sp³-hybridized carbons (Fsp3) is 0.400. The van der Waals surface area contributed by atoms with Crippen molar-refractivity contribution in [1.29, 1.82) is 0 Å². The standard InChI is InChI=1S/C25H29FN4O3/c1-3-28(4-2)24(32)17-12-13-20-22(15-17)30(25(33)21-11-7-8-14-29(20)21)16-23(31)27-19-10-6-5-9-18(19)26/h5-6,9-10,12-13,15,21H,3-4,7-8,11,14,16H2,1-2H3,(H,27,31)/t21-/m0/s1. The molecule has 0 aliphatic carbocycles. The number of nitrogens with one attached hydrogen (secondary N) is 1. The Morgan fingerprint density at radius 3 is 2.58 bits per heavy atom. The Morgan fingerprint density at radius 2 is 1.85 bits per heavy atom. The van der Waals surface area contributed by atoms with Gasteiger partial charge in [-0.2, -0.15) is 0 Å². The average molecular weight is 453 g/mol. The summed E-state index contributed by atoms with van der Waals surface area (Å²) < 4.78 is 14.0. The van der Waals surface area contributed by atoms with Crippen LogP contribution in [0.25, 0.3) is 0 Å². The zero-order valence-electron chi connectivity index (χ0n) is 19.0. The molecule has 4 rings (SSSR count). The molecule has 0 saturated carbocycles. The van der Waals surface area contributed by atoms with Crippen LogP contribution < -0.4 is 15.1 Å². The highest BCUT2D eigenvalue weighted by atomic mass is 19.1. The molecule has 0 spiro atoms. The first-order chi connectivity index (χ1) is 15.9. The third-order valence-corrected chi connectivity index (χ3v) is 6.38. The van der Waals surface area contributed by atoms with E-state index >= 15 is 0 Å². The molecular weight excluding hydrogens is 423 g/mol. The third-order valence-electron chi connectivity index (χ3n) is 6.38. The van der Waals surface area contributed by atoms with Crippen molar-refractivity contribution in [2.24, 2.45) is 0 Å². The van der Waals surface area contributed by atoms with Crippen LogP contribution >= 0.6 is 0 Å². The van der Waals surface area contributed by atoms with Crippen LogP contribution in [0.3, 0.4) is 0 Å². The number of rotatable bonds is 6. The van der Waals surface area contributed by atoms with E-state index in [0.29, 0.717) is 30.8 Å². The van der Waals surface area contributed by atoms with Gasteiger partial charge in [-0.1, -0.05) is 12.1 Å². The van der Waals surface area contributed by atoms with E-state index < -0.39 is 11.7 Å². The molecule has 2 aliphatic rings. The number of anilines is 3. The molecular formula is C25H29FN4O3. The van der Waals surface area contributed by atoms with Gasteiger partial charge in [-0.05, 0) is 63.4 Å². The predicted molar refractivity (Wildman–Crippen MR) is 126 cm³/mol. The minimum absolute atomic E-state index is 0.0666. The molecule has 2 aromatic carbocycles. The molecule has 8 heteroatoms. The fourth-order valence-electron chi connectivity index (χ4n) is 4.64. The fourth-order valence-corrected chi connectivity index (χ4v) is 4.64. The van der Waals surface area contributed by atoms with Crippen molar-refractivity contribution in [3.8, 4) is 0 Å². The summed E-state index contributed by atoms with van der Waals surface area (Å²) in [4.78, 5) is 44.4. The maximum Gasteiger partial charge on any atom is 0.253 e. The van der Waals surface area contributed by atoms with E-state index in [9.17, 15) is 18.8 Å². The minimum Gasteiger partial charge on any atom is -0.358 e. The molecule has 7 nitrogen and oxygen atoms in total. The van der Waals surface area contributed by atoms with Crippen LogP contribution in [0.15, 0.2) is 42.5 Å². The van der Waals surface area contributed by atoms with E-state index in [0.717, 1.165) is 25.1 Å². The van der Waals surface area contributed by atoms with Crippen molar-refractivity contribution in [3.05, 3.63) is 53.8 Å². The van der Waals surface area contributed by atoms with Crippen LogP contribution in [-0.2, 0) is 9.59 Å². The molecule has 1 saturated heterocycles. The molecule has 1 fully saturated rings. The monoisotopic (exact) mass is 452 g/mol. The number of hydrogen-bond donors (Lipinski definition) is 1. The Labute approximate surface area is 193 Å². The quantitative estimate of drug-likeness (QED) is 0.726. The largest absolute Gasteiger partial charge is 0.358 e. The van der Waals surface area contributed by atoms with E-state index in [4.69, 9.17) is 0 Å². The molecule has 174 valence electrons. The molecule has 0 aromatic heterocycles. The van der Waals surface area contributed by atoms with Crippen LogP contribution in [0.1, 0.15) is 43.5 Å². The summed E-state index contributed by atoms with van der Waals surface area (Å²) >= 11 is 0. The first kappa shape index (κ1) is 22.8. The molecule has 2 heterocycles. The molecule has 0 unspecified atom stereocenters. The number of para-hydroxylation sites is 1. The Kier molecular flexibility index (Phi) is 6.62. The highest BCUT2D eigenvalue weighted by molar-refractivity contribution is 6.11. The van der Waals surface area contributed by atoms with Crippen LogP contribution in [0, 0.1) is 5.82 Å². The van der Waals surface area contributed by atoms with Crippen LogP contribution in [0.2, 0.25) is 0 Å². The van der Waals surface area contributed by atoms with E-state index in [1.165, 1.54) is 17.0 Å². The van der Waals surface area contributed by atoms with Crippen LogP contribution in [-0.4, -0.2) is 54.8 Å². The second-order valence-corrected chi connectivity index (χ2v) is 8.34. The Balaban J connectivity index is 1.68. The highest BCUT2D eigenvalue weighted by Crippen LogP contribution is 2.40. The van der Waals surface area contributed by atoms with Crippen LogP contribution in [0.5, 0.6) is 0 Å². The van der Waals surface area contributed by atoms with Crippen molar-refractivity contribution in [2.45, 2.75) is 39.2 Å². The molecule has 2 aromatic rings. The Morgan fingerprint density at radius 1 is 1.09 bits per heavy atom. The van der Waals surface area contributed by atoms with Gasteiger partial charge in [0.25, 0.3) is 5.91 Å². The predicted octanol–water partition coefficient (Wildman–Crippen LogP) is 3.65. The van der Waals surface area contributed by atoms with Gasteiger partial charge < -0.3 is 15.1 Å². The van der Waals surface area contributed by atoms with Crippen molar-refractivity contribution in [2.75, 3.05) is 41.3 Å². The van der Waals surface area contributed by atoms with Gasteiger partial charge in [0.05, 0.1) is 17.1 Å². The molecule has 3 amide bonds. The summed E-state index contributed by atoms with van der Waals surface area (Å²) in [5.41, 5.74) is 1.92. The van der Waals surface area contributed by atoms with Gasteiger partial charge in [-0.15, -0.1) is 0 Å². The van der Waals surface area contributed by atoms with Crippen molar-refractivity contribution >= 4 is 34.8 Å². The first-order valence-electron chi connectivity index (χ1n) is 11.5. The molecule has 1 atom stereocenters. The smallest absolute Gasteiger partial charge is 0.253 e. The SMILES string of the molecule is CCN(CC)C(=O)c1ccc2c(c1)N(CC(=O)Nc1ccccc1F)C(=O)[C@@H]1CCCCN21. The minimum atomic E-state index is -0.540. The lowest BCUT2D eigenvalue weighted by Gasteiger charge is -2.45. The lowest BCUT2D eigenvalue weighted by molar-refractivity contribution is -0.123. The number of benzene rings is 2. The van der Waals surface area contributed by atoms with E-state index in [2.05, 4.69) is 10.2 Å². The zero-order valence-corrected chi connectivity index (χ0v) is 19.0. The number of carbonyl (C=O) groups excluding carboxylic acids is 3.